The van der Waals surface area contributed by atoms with E-state index in [-0.39, 0.29) is 30.4 Å². The van der Waals surface area contributed by atoms with E-state index in [0.717, 1.165) is 30.8 Å². The molecule has 3 fully saturated rings. The maximum atomic E-state index is 13.0. The fourth-order valence-electron chi connectivity index (χ4n) is 6.57. The number of methoxy groups -OCH3 is 1. The minimum Gasteiger partial charge on any atom is -0.489 e. The predicted molar refractivity (Wildman–Crippen MR) is 130 cm³/mol. The van der Waals surface area contributed by atoms with Crippen LogP contribution in [0.25, 0.3) is 0 Å². The van der Waals surface area contributed by atoms with E-state index in [2.05, 4.69) is 10.2 Å². The first kappa shape index (κ1) is 24.3. The second kappa shape index (κ2) is 9.90. The van der Waals surface area contributed by atoms with Gasteiger partial charge in [0.25, 0.3) is 5.91 Å². The normalized spacial score (nSPS) is 26.6. The van der Waals surface area contributed by atoms with E-state index < -0.39 is 0 Å². The van der Waals surface area contributed by atoms with Gasteiger partial charge in [-0.3, -0.25) is 24.6 Å². The van der Waals surface area contributed by atoms with Crippen LogP contribution in [0.15, 0.2) is 18.2 Å². The van der Waals surface area contributed by atoms with Crippen molar-refractivity contribution in [2.24, 2.45) is 5.41 Å². The van der Waals surface area contributed by atoms with Crippen molar-refractivity contribution in [3.05, 3.63) is 29.3 Å². The fourth-order valence-corrected chi connectivity index (χ4v) is 6.57. The van der Waals surface area contributed by atoms with E-state index in [0.29, 0.717) is 42.5 Å². The van der Waals surface area contributed by atoms with Crippen LogP contribution in [0.5, 0.6) is 5.75 Å². The number of hydrogen-bond donors (Lipinski definition) is 1. The maximum Gasteiger partial charge on any atom is 0.254 e. The first-order valence-corrected chi connectivity index (χ1v) is 13.0. The van der Waals surface area contributed by atoms with Crippen LogP contribution in [-0.2, 0) is 20.9 Å². The second-order valence-electron chi connectivity index (χ2n) is 11.0. The minimum atomic E-state index is -0.322. The number of fused-ring (bicyclic) bond motifs is 1. The molecule has 190 valence electrons. The Bertz CT molecular complexity index is 968. The van der Waals surface area contributed by atoms with Crippen LogP contribution >= 0.6 is 0 Å². The average molecular weight is 484 g/mol. The topological polar surface area (TPSA) is 88.2 Å². The van der Waals surface area contributed by atoms with Gasteiger partial charge in [0, 0.05) is 56.2 Å². The molecule has 0 aromatic heterocycles. The summed E-state index contributed by atoms with van der Waals surface area (Å²) in [5.41, 5.74) is 2.17. The predicted octanol–water partition coefficient (Wildman–Crippen LogP) is 2.88. The summed E-state index contributed by atoms with van der Waals surface area (Å²) in [6.07, 6.45) is 8.81. The molecule has 1 aromatic carbocycles. The SMILES string of the molecule is COC1CC2(C1)CN(C1CCCCC1Oc1ccc3c(c1)CN(C(C)CCC(=O)NC=O)C3=O)C2. The molecule has 1 spiro atoms. The molecule has 3 atom stereocenters. The molecule has 3 unspecified atom stereocenters. The molecule has 3 amide bonds. The average Bonchev–Trinajstić information content (AvgIpc) is 3.13. The second-order valence-corrected chi connectivity index (χ2v) is 11.0. The molecule has 0 radical (unpaired) electrons. The third-order valence-electron chi connectivity index (χ3n) is 8.61. The summed E-state index contributed by atoms with van der Waals surface area (Å²) >= 11 is 0. The van der Waals surface area contributed by atoms with Crippen molar-refractivity contribution in [2.45, 2.75) is 89.1 Å². The summed E-state index contributed by atoms with van der Waals surface area (Å²) in [5, 5.41) is 2.15. The largest absolute Gasteiger partial charge is 0.489 e. The number of benzene rings is 1. The highest BCUT2D eigenvalue weighted by atomic mass is 16.5. The maximum absolute atomic E-state index is 13.0. The molecule has 1 saturated heterocycles. The third-order valence-corrected chi connectivity index (χ3v) is 8.61. The van der Waals surface area contributed by atoms with Crippen molar-refractivity contribution in [1.82, 2.24) is 15.1 Å². The molecule has 2 heterocycles. The minimum absolute atomic E-state index is 0.00822. The van der Waals surface area contributed by atoms with Gasteiger partial charge in [-0.2, -0.15) is 0 Å². The smallest absolute Gasteiger partial charge is 0.254 e. The first-order valence-electron chi connectivity index (χ1n) is 13.0. The number of rotatable bonds is 9. The fraction of sp³-hybridized carbons (Fsp3) is 0.667. The van der Waals surface area contributed by atoms with Gasteiger partial charge in [-0.1, -0.05) is 6.42 Å². The summed E-state index contributed by atoms with van der Waals surface area (Å²) in [5.74, 6) is 0.510. The Morgan fingerprint density at radius 3 is 2.77 bits per heavy atom. The van der Waals surface area contributed by atoms with Gasteiger partial charge in [-0.15, -0.1) is 0 Å². The van der Waals surface area contributed by atoms with Crippen molar-refractivity contribution in [1.29, 1.82) is 0 Å². The number of nitrogens with one attached hydrogen (secondary N) is 1. The highest BCUT2D eigenvalue weighted by Gasteiger charge is 2.55. The summed E-state index contributed by atoms with van der Waals surface area (Å²) in [6.45, 7) is 4.78. The van der Waals surface area contributed by atoms with E-state index in [9.17, 15) is 14.4 Å². The van der Waals surface area contributed by atoms with Gasteiger partial charge < -0.3 is 14.4 Å². The Balaban J connectivity index is 1.18. The lowest BCUT2D eigenvalue weighted by atomic mass is 9.61. The highest BCUT2D eigenvalue weighted by Crippen LogP contribution is 2.51. The van der Waals surface area contributed by atoms with Gasteiger partial charge in [-0.05, 0) is 69.2 Å². The molecule has 2 aliphatic heterocycles. The Morgan fingerprint density at radius 2 is 2.03 bits per heavy atom. The summed E-state index contributed by atoms with van der Waals surface area (Å²) in [4.78, 5) is 39.4. The standard InChI is InChI=1S/C27H37N3O5/c1-18(7-10-25(32)28-17-31)30-14-19-11-20(8-9-22(19)26(30)33)35-24-6-4-3-5-23(24)29-15-27(16-29)12-21(13-27)34-2/h8-9,11,17-18,21,23-24H,3-7,10,12-16H2,1-2H3,(H,28,31,32). The lowest BCUT2D eigenvalue weighted by Gasteiger charge is -2.61. The van der Waals surface area contributed by atoms with Crippen LogP contribution < -0.4 is 10.1 Å². The number of likely N-dealkylation sites (tertiary alicyclic amines) is 1. The van der Waals surface area contributed by atoms with Gasteiger partial charge in [0.2, 0.25) is 12.3 Å². The zero-order chi connectivity index (χ0) is 24.6. The van der Waals surface area contributed by atoms with Crippen molar-refractivity contribution < 1.29 is 23.9 Å². The van der Waals surface area contributed by atoms with E-state index >= 15 is 0 Å². The van der Waals surface area contributed by atoms with Gasteiger partial charge >= 0.3 is 0 Å². The molecule has 8 nitrogen and oxygen atoms in total. The van der Waals surface area contributed by atoms with Crippen LogP contribution in [-0.4, -0.2) is 72.5 Å². The number of hydrogen-bond acceptors (Lipinski definition) is 6. The molecule has 1 aromatic rings. The van der Waals surface area contributed by atoms with Crippen molar-refractivity contribution in [2.75, 3.05) is 20.2 Å². The Labute approximate surface area is 207 Å². The summed E-state index contributed by atoms with van der Waals surface area (Å²) in [7, 11) is 1.82. The Hall–Kier alpha value is -2.45. The first-order chi connectivity index (χ1) is 16.9. The monoisotopic (exact) mass is 483 g/mol. The zero-order valence-electron chi connectivity index (χ0n) is 20.8. The molecule has 2 saturated carbocycles. The quantitative estimate of drug-likeness (QED) is 0.544. The van der Waals surface area contributed by atoms with Crippen LogP contribution in [0.1, 0.15) is 74.2 Å². The molecule has 5 rings (SSSR count). The summed E-state index contributed by atoms with van der Waals surface area (Å²) < 4.78 is 12.1. The molecule has 8 heteroatoms. The van der Waals surface area contributed by atoms with Crippen molar-refractivity contribution in [3.8, 4) is 5.75 Å². The van der Waals surface area contributed by atoms with E-state index in [1.807, 2.05) is 32.2 Å². The van der Waals surface area contributed by atoms with Gasteiger partial charge in [0.1, 0.15) is 11.9 Å². The molecular weight excluding hydrogens is 446 g/mol. The molecular formula is C27H37N3O5. The molecule has 4 aliphatic rings. The zero-order valence-corrected chi connectivity index (χ0v) is 20.8. The number of imide groups is 1. The van der Waals surface area contributed by atoms with Gasteiger partial charge in [0.05, 0.1) is 6.10 Å². The van der Waals surface area contributed by atoms with E-state index in [1.165, 1.54) is 32.1 Å². The molecule has 1 N–H and O–H groups in total. The van der Waals surface area contributed by atoms with Crippen molar-refractivity contribution in [3.63, 3.8) is 0 Å². The highest BCUT2D eigenvalue weighted by molar-refractivity contribution is 5.98. The summed E-state index contributed by atoms with van der Waals surface area (Å²) in [6, 6.07) is 6.20. The lowest BCUT2D eigenvalue weighted by Crippen LogP contribution is -2.68. The number of carbonyl (C=O) groups excluding carboxylic acids is 3. The van der Waals surface area contributed by atoms with Gasteiger partial charge in [0.15, 0.2) is 0 Å². The van der Waals surface area contributed by atoms with E-state index in [4.69, 9.17) is 9.47 Å². The molecule has 2 aliphatic carbocycles. The molecule has 0 bridgehead atoms. The molecule has 35 heavy (non-hydrogen) atoms. The number of carbonyl (C=O) groups is 3. The van der Waals surface area contributed by atoms with Crippen LogP contribution in [0.3, 0.4) is 0 Å². The lowest BCUT2D eigenvalue weighted by molar-refractivity contribution is -0.165. The Kier molecular flexibility index (Phi) is 6.86. The van der Waals surface area contributed by atoms with Crippen LogP contribution in [0, 0.1) is 5.41 Å². The van der Waals surface area contributed by atoms with Crippen LogP contribution in [0.4, 0.5) is 0 Å². The van der Waals surface area contributed by atoms with E-state index in [1.54, 1.807) is 4.90 Å². The van der Waals surface area contributed by atoms with Crippen molar-refractivity contribution >= 4 is 18.2 Å². The number of ether oxygens (including phenoxy) is 2. The number of nitrogens with zero attached hydrogens (tertiary/aromatic N) is 2. The van der Waals surface area contributed by atoms with Gasteiger partial charge in [-0.25, -0.2) is 0 Å². The number of amides is 3. The third kappa shape index (κ3) is 4.83. The van der Waals surface area contributed by atoms with Crippen LogP contribution in [0.2, 0.25) is 0 Å². The Morgan fingerprint density at radius 1 is 1.26 bits per heavy atom.